The second kappa shape index (κ2) is 5.40. The van der Waals surface area contributed by atoms with Crippen LogP contribution in [0.15, 0.2) is 32.3 Å². The molecule has 0 saturated heterocycles. The molecule has 1 aromatic heterocycles. The first-order valence-electron chi connectivity index (χ1n) is 5.63. The number of benzene rings is 1. The van der Waals surface area contributed by atoms with Crippen LogP contribution in [-0.4, -0.2) is 20.6 Å². The number of nitrogens with zero attached hydrogens (tertiary/aromatic N) is 1. The minimum Gasteiger partial charge on any atom is -0.481 e. The highest BCUT2D eigenvalue weighted by Gasteiger charge is 2.08. The van der Waals surface area contributed by atoms with Crippen molar-refractivity contribution in [1.29, 1.82) is 0 Å². The number of rotatable bonds is 4. The van der Waals surface area contributed by atoms with Gasteiger partial charge in [-0.25, -0.2) is 4.79 Å². The van der Waals surface area contributed by atoms with E-state index in [2.05, 4.69) is 20.9 Å². The predicted molar refractivity (Wildman–Crippen MR) is 73.4 cm³/mol. The van der Waals surface area contributed by atoms with E-state index in [1.807, 2.05) is 0 Å². The molecule has 100 valence electrons. The summed E-state index contributed by atoms with van der Waals surface area (Å²) < 4.78 is 1.76. The molecule has 0 aliphatic heterocycles. The average Bonchev–Trinajstić information content (AvgIpc) is 2.34. The number of H-pyrrole nitrogens is 1. The van der Waals surface area contributed by atoms with E-state index in [4.69, 9.17) is 5.11 Å². The summed E-state index contributed by atoms with van der Waals surface area (Å²) >= 11 is 3.26. The van der Waals surface area contributed by atoms with Crippen LogP contribution in [0.3, 0.4) is 0 Å². The van der Waals surface area contributed by atoms with Gasteiger partial charge in [-0.2, -0.15) is 0 Å². The van der Waals surface area contributed by atoms with Gasteiger partial charge in [-0.15, -0.1) is 0 Å². The quantitative estimate of drug-likeness (QED) is 0.886. The normalized spacial score (nSPS) is 10.8. The zero-order chi connectivity index (χ0) is 14.0. The second-order valence-corrected chi connectivity index (χ2v) is 4.99. The lowest BCUT2D eigenvalue weighted by atomic mass is 10.2. The lowest BCUT2D eigenvalue weighted by Crippen LogP contribution is -2.35. The van der Waals surface area contributed by atoms with E-state index in [9.17, 15) is 14.4 Å². The topological polar surface area (TPSA) is 92.2 Å². The van der Waals surface area contributed by atoms with Crippen molar-refractivity contribution in [3.63, 3.8) is 0 Å². The fraction of sp³-hybridized carbons (Fsp3) is 0.250. The largest absolute Gasteiger partial charge is 0.481 e. The number of carboxylic acid groups (broad SMARTS) is 1. The summed E-state index contributed by atoms with van der Waals surface area (Å²) in [4.78, 5) is 37.0. The Morgan fingerprint density at radius 3 is 2.79 bits per heavy atom. The van der Waals surface area contributed by atoms with Gasteiger partial charge in [0.1, 0.15) is 0 Å². The maximum atomic E-state index is 12.2. The first-order chi connectivity index (χ1) is 8.99. The molecule has 0 atom stereocenters. The number of nitrogens with one attached hydrogen (secondary N) is 1. The first kappa shape index (κ1) is 13.5. The third-order valence-corrected chi connectivity index (χ3v) is 3.21. The van der Waals surface area contributed by atoms with Gasteiger partial charge in [0.2, 0.25) is 0 Å². The molecule has 0 aliphatic carbocycles. The SMILES string of the molecule is O=C(O)CCCn1c(=O)[nH]c2ccc(Br)cc2c1=O. The van der Waals surface area contributed by atoms with E-state index in [-0.39, 0.29) is 19.4 Å². The highest BCUT2D eigenvalue weighted by atomic mass is 79.9. The molecule has 0 spiro atoms. The minimum atomic E-state index is -0.951. The molecule has 1 heterocycles. The third-order valence-electron chi connectivity index (χ3n) is 2.72. The van der Waals surface area contributed by atoms with Crippen molar-refractivity contribution >= 4 is 32.8 Å². The van der Waals surface area contributed by atoms with Crippen molar-refractivity contribution in [3.05, 3.63) is 43.5 Å². The molecule has 6 nitrogen and oxygen atoms in total. The Kier molecular flexibility index (Phi) is 3.84. The van der Waals surface area contributed by atoms with Crippen molar-refractivity contribution in [1.82, 2.24) is 9.55 Å². The number of carbonyl (C=O) groups is 1. The van der Waals surface area contributed by atoms with E-state index in [0.717, 1.165) is 9.04 Å². The van der Waals surface area contributed by atoms with Crippen LogP contribution in [0.4, 0.5) is 0 Å². The van der Waals surface area contributed by atoms with Gasteiger partial charge in [0.15, 0.2) is 0 Å². The number of carboxylic acids is 1. The maximum absolute atomic E-state index is 12.2. The van der Waals surface area contributed by atoms with Crippen LogP contribution in [0.2, 0.25) is 0 Å². The van der Waals surface area contributed by atoms with E-state index in [1.165, 1.54) is 0 Å². The van der Waals surface area contributed by atoms with Crippen LogP contribution >= 0.6 is 15.9 Å². The summed E-state index contributed by atoms with van der Waals surface area (Å²) in [7, 11) is 0. The lowest BCUT2D eigenvalue weighted by Gasteiger charge is -2.05. The standard InChI is InChI=1S/C12H11BrN2O4/c13-7-3-4-9-8(6-7)11(18)15(12(19)14-9)5-1-2-10(16)17/h3-4,6H,1-2,5H2,(H,14,19)(H,16,17). The van der Waals surface area contributed by atoms with Gasteiger partial charge in [0, 0.05) is 17.4 Å². The van der Waals surface area contributed by atoms with Crippen molar-refractivity contribution in [2.75, 3.05) is 0 Å². The minimum absolute atomic E-state index is 0.0810. The Hall–Kier alpha value is -1.89. The molecule has 0 radical (unpaired) electrons. The van der Waals surface area contributed by atoms with Gasteiger partial charge in [0.05, 0.1) is 10.9 Å². The van der Waals surface area contributed by atoms with Gasteiger partial charge in [-0.05, 0) is 24.6 Å². The Morgan fingerprint density at radius 2 is 2.11 bits per heavy atom. The second-order valence-electron chi connectivity index (χ2n) is 4.07. The van der Waals surface area contributed by atoms with Gasteiger partial charge < -0.3 is 10.1 Å². The van der Waals surface area contributed by atoms with Crippen LogP contribution in [-0.2, 0) is 11.3 Å². The van der Waals surface area contributed by atoms with Crippen molar-refractivity contribution in [2.24, 2.45) is 0 Å². The number of aliphatic carboxylic acids is 1. The highest BCUT2D eigenvalue weighted by Crippen LogP contribution is 2.14. The van der Waals surface area contributed by atoms with Crippen LogP contribution in [0.5, 0.6) is 0 Å². The molecule has 1 aromatic carbocycles. The van der Waals surface area contributed by atoms with Gasteiger partial charge in [-0.1, -0.05) is 15.9 Å². The average molecular weight is 327 g/mol. The Balaban J connectivity index is 2.46. The molecule has 0 unspecified atom stereocenters. The monoisotopic (exact) mass is 326 g/mol. The fourth-order valence-electron chi connectivity index (χ4n) is 1.81. The van der Waals surface area contributed by atoms with Gasteiger partial charge in [-0.3, -0.25) is 14.2 Å². The Morgan fingerprint density at radius 1 is 1.37 bits per heavy atom. The lowest BCUT2D eigenvalue weighted by molar-refractivity contribution is -0.137. The Labute approximate surface area is 115 Å². The fourth-order valence-corrected chi connectivity index (χ4v) is 2.18. The number of hydrogen-bond donors (Lipinski definition) is 2. The van der Waals surface area contributed by atoms with E-state index in [0.29, 0.717) is 10.9 Å². The summed E-state index contributed by atoms with van der Waals surface area (Å²) in [5.41, 5.74) is -0.469. The molecule has 2 aromatic rings. The summed E-state index contributed by atoms with van der Waals surface area (Å²) in [6.07, 6.45) is 0.153. The number of aromatic nitrogens is 2. The molecule has 7 heteroatoms. The van der Waals surface area contributed by atoms with Crippen molar-refractivity contribution < 1.29 is 9.90 Å². The first-order valence-corrected chi connectivity index (χ1v) is 6.42. The molecule has 0 aliphatic rings. The molecule has 0 bridgehead atoms. The van der Waals surface area contributed by atoms with Gasteiger partial charge >= 0.3 is 11.7 Å². The summed E-state index contributed by atoms with van der Waals surface area (Å²) in [5.74, 6) is -0.951. The van der Waals surface area contributed by atoms with Crippen molar-refractivity contribution in [3.8, 4) is 0 Å². The van der Waals surface area contributed by atoms with E-state index >= 15 is 0 Å². The molecule has 19 heavy (non-hydrogen) atoms. The van der Waals surface area contributed by atoms with Crippen LogP contribution in [0.25, 0.3) is 10.9 Å². The molecule has 0 fully saturated rings. The van der Waals surface area contributed by atoms with E-state index in [1.54, 1.807) is 18.2 Å². The molecule has 2 rings (SSSR count). The number of fused-ring (bicyclic) bond motifs is 1. The molecule has 2 N–H and O–H groups in total. The number of halogens is 1. The summed E-state index contributed by atoms with van der Waals surface area (Å²) in [5, 5.41) is 8.95. The maximum Gasteiger partial charge on any atom is 0.328 e. The molecule has 0 saturated carbocycles. The third kappa shape index (κ3) is 2.93. The highest BCUT2D eigenvalue weighted by molar-refractivity contribution is 9.10. The molecular formula is C12H11BrN2O4. The zero-order valence-corrected chi connectivity index (χ0v) is 11.4. The van der Waals surface area contributed by atoms with Crippen LogP contribution < -0.4 is 11.2 Å². The number of hydrogen-bond acceptors (Lipinski definition) is 3. The molecular weight excluding hydrogens is 316 g/mol. The van der Waals surface area contributed by atoms with Gasteiger partial charge in [0.25, 0.3) is 5.56 Å². The zero-order valence-electron chi connectivity index (χ0n) is 9.85. The van der Waals surface area contributed by atoms with Crippen molar-refractivity contribution in [2.45, 2.75) is 19.4 Å². The smallest absolute Gasteiger partial charge is 0.328 e. The van der Waals surface area contributed by atoms with Crippen LogP contribution in [0.1, 0.15) is 12.8 Å². The summed E-state index contributed by atoms with van der Waals surface area (Å²) in [6.45, 7) is 0.0862. The number of aromatic amines is 1. The predicted octanol–water partition coefficient (Wildman–Crippen LogP) is 1.32. The Bertz CT molecular complexity index is 747. The summed E-state index contributed by atoms with van der Waals surface area (Å²) in [6, 6.07) is 5.00. The van der Waals surface area contributed by atoms with Crippen LogP contribution in [0, 0.1) is 0 Å². The molecule has 0 amide bonds. The van der Waals surface area contributed by atoms with E-state index < -0.39 is 17.2 Å².